The highest BCUT2D eigenvalue weighted by molar-refractivity contribution is 6.31. The van der Waals surface area contributed by atoms with E-state index < -0.39 is 64.1 Å². The summed E-state index contributed by atoms with van der Waals surface area (Å²) >= 11 is 0. The number of H-pyrrole nitrogens is 1. The van der Waals surface area contributed by atoms with Gasteiger partial charge in [0.1, 0.15) is 11.6 Å². The standard InChI is InChI=1S/C28H23FN4O7/c29-15-4-1-11(2-5-15)17-10-31-27(33-17)32-16-6-3-12-7-13-8-14-9-18(34)21(26(30)39)25(38)28(14,40)24(37)20(13)23(36)19(12)22(16)35/h1-6,10,13-14,20-21,35,40H,7-9H2,(H2,30,39)(H2,31,32,33)/t13-,14-,20?,21?,28-/m0/s1. The van der Waals surface area contributed by atoms with E-state index in [0.717, 1.165) is 0 Å². The smallest absolute Gasteiger partial charge is 0.235 e. The van der Waals surface area contributed by atoms with Gasteiger partial charge < -0.3 is 26.2 Å². The first-order valence-electron chi connectivity index (χ1n) is 12.6. The lowest BCUT2D eigenvalue weighted by atomic mass is 9.54. The van der Waals surface area contributed by atoms with Crippen molar-refractivity contribution in [1.82, 2.24) is 9.97 Å². The lowest BCUT2D eigenvalue weighted by molar-refractivity contribution is -0.175. The van der Waals surface area contributed by atoms with Gasteiger partial charge in [0.2, 0.25) is 11.9 Å². The predicted octanol–water partition coefficient (Wildman–Crippen LogP) is 1.60. The van der Waals surface area contributed by atoms with Crippen LogP contribution in [0.5, 0.6) is 5.75 Å². The van der Waals surface area contributed by atoms with Crippen molar-refractivity contribution in [3.8, 4) is 17.0 Å². The molecule has 2 fully saturated rings. The number of fused-ring (bicyclic) bond motifs is 3. The van der Waals surface area contributed by atoms with Gasteiger partial charge in [0.25, 0.3) is 0 Å². The number of carbonyl (C=O) groups excluding carboxylic acids is 5. The Labute approximate surface area is 225 Å². The van der Waals surface area contributed by atoms with Crippen LogP contribution in [0.25, 0.3) is 11.3 Å². The van der Waals surface area contributed by atoms with Crippen LogP contribution in [0.1, 0.15) is 28.8 Å². The molecule has 0 bridgehead atoms. The van der Waals surface area contributed by atoms with E-state index in [-0.39, 0.29) is 42.3 Å². The number of aromatic nitrogens is 2. The summed E-state index contributed by atoms with van der Waals surface area (Å²) in [7, 11) is 0. The van der Waals surface area contributed by atoms with Crippen LogP contribution >= 0.6 is 0 Å². The van der Waals surface area contributed by atoms with E-state index in [1.807, 2.05) is 0 Å². The van der Waals surface area contributed by atoms with Crippen molar-refractivity contribution in [2.24, 2.45) is 29.4 Å². The number of rotatable bonds is 4. The Kier molecular flexibility index (Phi) is 5.70. The van der Waals surface area contributed by atoms with Crippen LogP contribution in [-0.2, 0) is 25.6 Å². The highest BCUT2D eigenvalue weighted by atomic mass is 19.1. The molecule has 5 atom stereocenters. The number of nitrogens with zero attached hydrogens (tertiary/aromatic N) is 1. The minimum absolute atomic E-state index is 0.0281. The molecule has 12 heteroatoms. The summed E-state index contributed by atoms with van der Waals surface area (Å²) in [5.74, 6) is -10.9. The van der Waals surface area contributed by atoms with E-state index in [0.29, 0.717) is 16.8 Å². The third kappa shape index (κ3) is 3.67. The van der Waals surface area contributed by atoms with Crippen LogP contribution in [0.15, 0.2) is 42.6 Å². The fourth-order valence-corrected chi connectivity index (χ4v) is 6.33. The lowest BCUT2D eigenvalue weighted by Crippen LogP contribution is -2.68. The molecule has 0 spiro atoms. The molecule has 2 unspecified atom stereocenters. The van der Waals surface area contributed by atoms with E-state index in [1.54, 1.807) is 24.3 Å². The number of phenols is 1. The Morgan fingerprint density at radius 3 is 2.50 bits per heavy atom. The largest absolute Gasteiger partial charge is 0.505 e. The first kappa shape index (κ1) is 25.6. The molecule has 1 amide bonds. The van der Waals surface area contributed by atoms with Crippen molar-refractivity contribution in [3.63, 3.8) is 0 Å². The number of nitrogens with one attached hydrogen (secondary N) is 2. The lowest BCUT2D eigenvalue weighted by Gasteiger charge is -2.48. The van der Waals surface area contributed by atoms with Crippen molar-refractivity contribution >= 4 is 40.7 Å². The Balaban J connectivity index is 1.31. The van der Waals surface area contributed by atoms with Crippen LogP contribution in [0.2, 0.25) is 0 Å². The minimum Gasteiger partial charge on any atom is -0.505 e. The maximum Gasteiger partial charge on any atom is 0.235 e. The van der Waals surface area contributed by atoms with Gasteiger partial charge in [-0.2, -0.15) is 0 Å². The van der Waals surface area contributed by atoms with Gasteiger partial charge in [-0.25, -0.2) is 9.37 Å². The second-order valence-electron chi connectivity index (χ2n) is 10.5. The number of phenolic OH excluding ortho intramolecular Hbond substituents is 1. The molecule has 40 heavy (non-hydrogen) atoms. The number of nitrogens with two attached hydrogens (primary N) is 1. The topological polar surface area (TPSA) is 193 Å². The van der Waals surface area contributed by atoms with Crippen molar-refractivity contribution in [2.45, 2.75) is 24.9 Å². The number of carbonyl (C=O) groups is 5. The zero-order valence-corrected chi connectivity index (χ0v) is 20.8. The van der Waals surface area contributed by atoms with Gasteiger partial charge in [-0.1, -0.05) is 6.07 Å². The van der Waals surface area contributed by atoms with Crippen molar-refractivity contribution in [3.05, 3.63) is 59.5 Å². The number of amides is 1. The van der Waals surface area contributed by atoms with Crippen LogP contribution in [-0.4, -0.2) is 54.8 Å². The normalized spacial score (nSPS) is 27.6. The number of aromatic amines is 1. The molecule has 2 saturated carbocycles. The van der Waals surface area contributed by atoms with Crippen LogP contribution in [0.4, 0.5) is 16.0 Å². The molecule has 3 aromatic rings. The van der Waals surface area contributed by atoms with Crippen LogP contribution in [0, 0.1) is 29.5 Å². The van der Waals surface area contributed by atoms with Crippen molar-refractivity contribution in [1.29, 1.82) is 0 Å². The van der Waals surface area contributed by atoms with Gasteiger partial charge in [-0.3, -0.25) is 24.0 Å². The van der Waals surface area contributed by atoms with Crippen LogP contribution < -0.4 is 11.1 Å². The Morgan fingerprint density at radius 1 is 1.07 bits per heavy atom. The molecule has 11 nitrogen and oxygen atoms in total. The summed E-state index contributed by atoms with van der Waals surface area (Å²) in [6.07, 6.45) is 1.34. The Bertz CT molecular complexity index is 1630. The molecule has 1 heterocycles. The molecular formula is C28H23FN4O7. The number of hydrogen-bond acceptors (Lipinski definition) is 9. The molecule has 0 saturated heterocycles. The number of aromatic hydroxyl groups is 1. The zero-order chi connectivity index (χ0) is 28.5. The summed E-state index contributed by atoms with van der Waals surface area (Å²) in [5, 5.41) is 25.3. The molecule has 0 radical (unpaired) electrons. The first-order valence-corrected chi connectivity index (χ1v) is 12.6. The highest BCUT2D eigenvalue weighted by Crippen LogP contribution is 2.50. The number of aliphatic hydroxyl groups is 1. The third-order valence-electron chi connectivity index (χ3n) is 8.26. The van der Waals surface area contributed by atoms with Gasteiger partial charge in [0.15, 0.2) is 34.7 Å². The molecule has 0 aliphatic heterocycles. The molecule has 3 aliphatic rings. The van der Waals surface area contributed by atoms with Gasteiger partial charge in [0.05, 0.1) is 29.1 Å². The number of halogens is 1. The van der Waals surface area contributed by atoms with Crippen LogP contribution in [0.3, 0.4) is 0 Å². The number of anilines is 2. The van der Waals surface area contributed by atoms with Gasteiger partial charge in [-0.05, 0) is 60.2 Å². The molecule has 3 aliphatic carbocycles. The van der Waals surface area contributed by atoms with E-state index in [1.165, 1.54) is 18.3 Å². The number of primary amides is 1. The van der Waals surface area contributed by atoms with Gasteiger partial charge >= 0.3 is 0 Å². The van der Waals surface area contributed by atoms with E-state index in [2.05, 4.69) is 15.3 Å². The van der Waals surface area contributed by atoms with E-state index in [4.69, 9.17) is 5.73 Å². The molecule has 6 N–H and O–H groups in total. The second-order valence-corrected chi connectivity index (χ2v) is 10.5. The number of ketones is 4. The zero-order valence-electron chi connectivity index (χ0n) is 20.8. The van der Waals surface area contributed by atoms with Gasteiger partial charge in [0, 0.05) is 12.3 Å². The SMILES string of the molecule is NC(=O)C1C(=O)C[C@@H]2C[C@@H]3Cc4ccc(Nc5ncc(-c6ccc(F)cc6)[nH]5)c(O)c4C(=O)C3C(=O)[C@]2(O)C1=O. The quantitative estimate of drug-likeness (QED) is 0.239. The predicted molar refractivity (Wildman–Crippen MR) is 136 cm³/mol. The fourth-order valence-electron chi connectivity index (χ4n) is 6.33. The molecule has 204 valence electrons. The highest BCUT2D eigenvalue weighted by Gasteiger charge is 2.66. The third-order valence-corrected chi connectivity index (χ3v) is 8.26. The summed E-state index contributed by atoms with van der Waals surface area (Å²) < 4.78 is 13.2. The van der Waals surface area contributed by atoms with Gasteiger partial charge in [-0.15, -0.1) is 0 Å². The first-order chi connectivity index (χ1) is 19.0. The average molecular weight is 547 g/mol. The number of imidazole rings is 1. The minimum atomic E-state index is -2.70. The molecule has 2 aromatic carbocycles. The summed E-state index contributed by atoms with van der Waals surface area (Å²) in [4.78, 5) is 71.7. The molecule has 6 rings (SSSR count). The summed E-state index contributed by atoms with van der Waals surface area (Å²) in [5.41, 5.74) is 4.20. The van der Waals surface area contributed by atoms with Crippen molar-refractivity contribution in [2.75, 3.05) is 5.32 Å². The maximum atomic E-state index is 13.7. The second kappa shape index (κ2) is 8.91. The maximum absolute atomic E-state index is 13.7. The average Bonchev–Trinajstić information content (AvgIpc) is 3.36. The number of hydrogen-bond donors (Lipinski definition) is 5. The molecular weight excluding hydrogens is 523 g/mol. The molecule has 1 aromatic heterocycles. The summed E-state index contributed by atoms with van der Waals surface area (Å²) in [6, 6.07) is 8.91. The van der Waals surface area contributed by atoms with E-state index >= 15 is 0 Å². The Hall–Kier alpha value is -4.71. The summed E-state index contributed by atoms with van der Waals surface area (Å²) in [6.45, 7) is 0. The fraction of sp³-hybridized carbons (Fsp3) is 0.286. The van der Waals surface area contributed by atoms with E-state index in [9.17, 15) is 38.6 Å². The number of Topliss-reactive ketones (excluding diaryl/α,β-unsaturated/α-hetero) is 4. The Morgan fingerprint density at radius 2 is 1.80 bits per heavy atom. The van der Waals surface area contributed by atoms with Crippen molar-refractivity contribution < 1.29 is 38.6 Å². The number of benzene rings is 2. The monoisotopic (exact) mass is 546 g/mol.